The van der Waals surface area contributed by atoms with Crippen LogP contribution in [0, 0.1) is 0 Å². The van der Waals surface area contributed by atoms with E-state index in [2.05, 4.69) is 5.32 Å². The van der Waals surface area contributed by atoms with Crippen LogP contribution in [0.4, 0.5) is 4.79 Å². The Kier molecular flexibility index (Phi) is 8.28. The third-order valence-electron chi connectivity index (χ3n) is 3.69. The second-order valence-electron chi connectivity index (χ2n) is 7.14. The van der Waals surface area contributed by atoms with Gasteiger partial charge in [0.25, 0.3) is 0 Å². The second-order valence-corrected chi connectivity index (χ2v) is 7.14. The lowest BCUT2D eigenvalue weighted by atomic mass is 9.91. The molecule has 156 valence electrons. The summed E-state index contributed by atoms with van der Waals surface area (Å²) in [5.74, 6) is -1.74. The van der Waals surface area contributed by atoms with Crippen molar-refractivity contribution in [2.75, 3.05) is 13.2 Å². The van der Waals surface area contributed by atoms with Gasteiger partial charge in [-0.25, -0.2) is 14.4 Å². The van der Waals surface area contributed by atoms with Crippen LogP contribution in [0.3, 0.4) is 0 Å². The lowest BCUT2D eigenvalue weighted by molar-refractivity contribution is -0.166. The average molecular weight is 395 g/mol. The minimum Gasteiger partial charge on any atom is -0.508 e. The molecule has 0 aliphatic carbocycles. The van der Waals surface area contributed by atoms with E-state index in [4.69, 9.17) is 14.2 Å². The molecule has 8 heteroatoms. The Morgan fingerprint density at radius 3 is 1.89 bits per heavy atom. The molecule has 28 heavy (non-hydrogen) atoms. The third kappa shape index (κ3) is 6.75. The Labute approximate surface area is 165 Å². The van der Waals surface area contributed by atoms with Crippen LogP contribution in [0.2, 0.25) is 0 Å². The maximum atomic E-state index is 12.7. The van der Waals surface area contributed by atoms with Gasteiger partial charge in [-0.05, 0) is 65.2 Å². The fourth-order valence-electron chi connectivity index (χ4n) is 2.43. The maximum Gasteiger partial charge on any atom is 0.409 e. The number of nitrogens with one attached hydrogen (secondary N) is 1. The van der Waals surface area contributed by atoms with Gasteiger partial charge in [-0.15, -0.1) is 0 Å². The molecule has 0 saturated carbocycles. The van der Waals surface area contributed by atoms with Gasteiger partial charge in [0.2, 0.25) is 5.54 Å². The van der Waals surface area contributed by atoms with Crippen molar-refractivity contribution in [2.45, 2.75) is 58.6 Å². The molecule has 2 N–H and O–H groups in total. The van der Waals surface area contributed by atoms with Gasteiger partial charge >= 0.3 is 18.0 Å². The highest BCUT2D eigenvalue weighted by Gasteiger charge is 2.50. The molecule has 0 atom stereocenters. The van der Waals surface area contributed by atoms with Crippen LogP contribution in [0.25, 0.3) is 0 Å². The predicted octanol–water partition coefficient (Wildman–Crippen LogP) is 2.71. The van der Waals surface area contributed by atoms with Crippen molar-refractivity contribution in [1.82, 2.24) is 5.32 Å². The number of alkyl carbamates (subject to hydrolysis) is 1. The number of rotatable bonds is 8. The number of aromatic hydroxyl groups is 1. The quantitative estimate of drug-likeness (QED) is 0.395. The number of carbonyl (C=O) groups excluding carboxylic acids is 3. The number of ether oxygens (including phenoxy) is 3. The van der Waals surface area contributed by atoms with E-state index < -0.39 is 29.2 Å². The number of hydrogen-bond donors (Lipinski definition) is 2. The molecule has 0 spiro atoms. The first-order valence-electron chi connectivity index (χ1n) is 9.17. The molecular weight excluding hydrogens is 366 g/mol. The lowest BCUT2D eigenvalue weighted by Gasteiger charge is -2.31. The zero-order valence-electron chi connectivity index (χ0n) is 17.0. The van der Waals surface area contributed by atoms with Gasteiger partial charge < -0.3 is 19.3 Å². The van der Waals surface area contributed by atoms with Crippen molar-refractivity contribution in [1.29, 1.82) is 0 Å². The van der Waals surface area contributed by atoms with Crippen molar-refractivity contribution in [3.05, 3.63) is 29.8 Å². The van der Waals surface area contributed by atoms with E-state index in [0.29, 0.717) is 0 Å². The first-order chi connectivity index (χ1) is 13.0. The Balaban J connectivity index is 3.21. The van der Waals surface area contributed by atoms with E-state index >= 15 is 0 Å². The molecule has 0 aliphatic rings. The van der Waals surface area contributed by atoms with Crippen LogP contribution in [-0.4, -0.2) is 47.5 Å². The highest BCUT2D eigenvalue weighted by molar-refractivity contribution is 6.07. The predicted molar refractivity (Wildman–Crippen MR) is 102 cm³/mol. The van der Waals surface area contributed by atoms with Gasteiger partial charge in [0.05, 0.1) is 13.2 Å². The summed E-state index contributed by atoms with van der Waals surface area (Å²) in [4.78, 5) is 37.8. The minimum atomic E-state index is -2.05. The zero-order chi connectivity index (χ0) is 21.4. The third-order valence-corrected chi connectivity index (χ3v) is 3.69. The largest absolute Gasteiger partial charge is 0.508 e. The number of amides is 1. The first kappa shape index (κ1) is 23.3. The molecule has 1 aromatic carbocycles. The SMILES string of the molecule is CCOC(=O)C(CCc1ccc(O)cc1)(NC(=O)OC(C)(C)C)C(=O)OCC. The number of benzene rings is 1. The number of esters is 2. The summed E-state index contributed by atoms with van der Waals surface area (Å²) in [5.41, 5.74) is -2.12. The van der Waals surface area contributed by atoms with Crippen LogP contribution in [-0.2, 0) is 30.2 Å². The standard InChI is InChI=1S/C20H29NO7/c1-6-26-16(23)20(17(24)27-7-2,21-18(25)28-19(3,4)5)13-12-14-8-10-15(22)11-9-14/h8-11,22H,6-7,12-13H2,1-5H3,(H,21,25). The molecule has 0 unspecified atom stereocenters. The van der Waals surface area contributed by atoms with Gasteiger partial charge in [0, 0.05) is 0 Å². The topological polar surface area (TPSA) is 111 Å². The van der Waals surface area contributed by atoms with E-state index in [1.165, 1.54) is 12.1 Å². The molecule has 1 rings (SSSR count). The van der Waals surface area contributed by atoms with Gasteiger partial charge in [-0.3, -0.25) is 5.32 Å². The summed E-state index contributed by atoms with van der Waals surface area (Å²) in [6.45, 7) is 8.24. The Morgan fingerprint density at radius 2 is 1.46 bits per heavy atom. The molecule has 0 saturated heterocycles. The van der Waals surface area contributed by atoms with E-state index in [1.807, 2.05) is 0 Å². The number of phenols is 1. The lowest BCUT2D eigenvalue weighted by Crippen LogP contribution is -2.62. The maximum absolute atomic E-state index is 12.7. The summed E-state index contributed by atoms with van der Waals surface area (Å²) < 4.78 is 15.3. The molecule has 0 radical (unpaired) electrons. The minimum absolute atomic E-state index is 0.0230. The van der Waals surface area contributed by atoms with Gasteiger partial charge in [-0.2, -0.15) is 0 Å². The Bertz CT molecular complexity index is 659. The highest BCUT2D eigenvalue weighted by atomic mass is 16.6. The van der Waals surface area contributed by atoms with Crippen molar-refractivity contribution < 1.29 is 33.7 Å². The van der Waals surface area contributed by atoms with Crippen LogP contribution >= 0.6 is 0 Å². The smallest absolute Gasteiger partial charge is 0.409 e. The normalized spacial score (nSPS) is 11.5. The monoisotopic (exact) mass is 395 g/mol. The fourth-order valence-corrected chi connectivity index (χ4v) is 2.43. The van der Waals surface area contributed by atoms with E-state index in [9.17, 15) is 19.5 Å². The van der Waals surface area contributed by atoms with Crippen molar-refractivity contribution in [3.63, 3.8) is 0 Å². The van der Waals surface area contributed by atoms with Crippen LogP contribution in [0.5, 0.6) is 5.75 Å². The summed E-state index contributed by atoms with van der Waals surface area (Å²) in [5, 5.41) is 11.8. The number of carbonyl (C=O) groups is 3. The van der Waals surface area contributed by atoms with Crippen LogP contribution in [0.15, 0.2) is 24.3 Å². The van der Waals surface area contributed by atoms with Gasteiger partial charge in [-0.1, -0.05) is 12.1 Å². The molecule has 0 aromatic heterocycles. The summed E-state index contributed by atoms with van der Waals surface area (Å²) in [6, 6.07) is 6.30. The highest BCUT2D eigenvalue weighted by Crippen LogP contribution is 2.22. The Morgan fingerprint density at radius 1 is 0.964 bits per heavy atom. The molecule has 8 nitrogen and oxygen atoms in total. The van der Waals surface area contributed by atoms with Gasteiger partial charge in [0.15, 0.2) is 0 Å². The molecule has 1 aromatic rings. The van der Waals surface area contributed by atoms with Crippen LogP contribution < -0.4 is 5.32 Å². The number of phenolic OH excluding ortho intramolecular Hbond substituents is 1. The molecule has 0 aliphatic heterocycles. The van der Waals surface area contributed by atoms with Crippen molar-refractivity contribution in [3.8, 4) is 5.75 Å². The summed E-state index contributed by atoms with van der Waals surface area (Å²) >= 11 is 0. The summed E-state index contributed by atoms with van der Waals surface area (Å²) in [6.07, 6.45) is -0.790. The van der Waals surface area contributed by atoms with E-state index in [1.54, 1.807) is 46.8 Å². The zero-order valence-corrected chi connectivity index (χ0v) is 17.0. The van der Waals surface area contributed by atoms with Crippen LogP contribution in [0.1, 0.15) is 46.6 Å². The molecule has 0 fully saturated rings. The average Bonchev–Trinajstić information content (AvgIpc) is 2.58. The molecule has 1 amide bonds. The second kappa shape index (κ2) is 9.96. The first-order valence-corrected chi connectivity index (χ1v) is 9.17. The molecule has 0 bridgehead atoms. The van der Waals surface area contributed by atoms with E-state index in [0.717, 1.165) is 5.56 Å². The van der Waals surface area contributed by atoms with Gasteiger partial charge in [0.1, 0.15) is 11.4 Å². The summed E-state index contributed by atoms with van der Waals surface area (Å²) in [7, 11) is 0. The number of hydrogen-bond acceptors (Lipinski definition) is 7. The van der Waals surface area contributed by atoms with E-state index in [-0.39, 0.29) is 31.8 Å². The van der Waals surface area contributed by atoms with Crippen molar-refractivity contribution in [2.24, 2.45) is 0 Å². The molecule has 0 heterocycles. The number of aryl methyl sites for hydroxylation is 1. The fraction of sp³-hybridized carbons (Fsp3) is 0.550. The van der Waals surface area contributed by atoms with Crippen molar-refractivity contribution >= 4 is 18.0 Å². The molecular formula is C20H29NO7. The Hall–Kier alpha value is -2.77.